The second-order valence-corrected chi connectivity index (χ2v) is 26.0. The van der Waals surface area contributed by atoms with Gasteiger partial charge in [-0.15, -0.1) is 0 Å². The van der Waals surface area contributed by atoms with Crippen molar-refractivity contribution in [1.29, 1.82) is 0 Å². The van der Waals surface area contributed by atoms with E-state index in [9.17, 15) is 69.9 Å². The summed E-state index contributed by atoms with van der Waals surface area (Å²) in [4.78, 5) is 21.0. The van der Waals surface area contributed by atoms with Crippen molar-refractivity contribution < 1.29 is 92.5 Å². The molecule has 0 saturated carbocycles. The molecular formula is C53H62Br2F9N9O12S3. The fourth-order valence-corrected chi connectivity index (χ4v) is 12.4. The molecule has 11 rings (SSSR count). The van der Waals surface area contributed by atoms with Gasteiger partial charge in [0.05, 0.1) is 0 Å². The number of nitrogens with zero attached hydrogens (tertiary/aromatic N) is 5. The molecule has 6 aliphatic rings. The summed E-state index contributed by atoms with van der Waals surface area (Å²) in [6.07, 6.45) is 8.93. The van der Waals surface area contributed by atoms with Crippen LogP contribution in [0.2, 0.25) is 0 Å². The van der Waals surface area contributed by atoms with Crippen molar-refractivity contribution in [2.45, 2.75) is 121 Å². The lowest BCUT2D eigenvalue weighted by molar-refractivity contribution is -0.0505. The van der Waals surface area contributed by atoms with Crippen LogP contribution in [0.5, 0.6) is 17.2 Å². The Morgan fingerprint density at radius 1 is 0.523 bits per heavy atom. The summed E-state index contributed by atoms with van der Waals surface area (Å²) in [6.45, 7) is 1.05. The highest BCUT2D eigenvalue weighted by molar-refractivity contribution is 9.10. The van der Waals surface area contributed by atoms with E-state index in [0.717, 1.165) is 34.9 Å². The van der Waals surface area contributed by atoms with Gasteiger partial charge < -0.3 is 44.9 Å². The van der Waals surface area contributed by atoms with Crippen LogP contribution in [0.25, 0.3) is 11.1 Å². The molecule has 35 heteroatoms. The first-order valence-corrected chi connectivity index (χ1v) is 30.2. The topological polar surface area (TPSA) is 322 Å². The fourth-order valence-electron chi connectivity index (χ4n) is 9.79. The highest BCUT2D eigenvalue weighted by Crippen LogP contribution is 2.46. The first-order chi connectivity index (χ1) is 39.1. The Bertz CT molecular complexity index is 3780. The van der Waals surface area contributed by atoms with Crippen molar-refractivity contribution in [3.63, 3.8) is 0 Å². The molecule has 3 aliphatic carbocycles. The molecule has 1 aromatic heterocycles. The minimum Gasteiger partial charge on any atom is -0.508 e. The van der Waals surface area contributed by atoms with Gasteiger partial charge in [-0.05, 0) is 114 Å². The normalized spacial score (nSPS) is 20.6. The number of aromatic nitrogens is 2. The maximum atomic E-state index is 12.8. The molecule has 5 aromatic rings. The van der Waals surface area contributed by atoms with Crippen molar-refractivity contribution in [3.05, 3.63) is 128 Å². The quantitative estimate of drug-likeness (QED) is 0.0574. The predicted molar refractivity (Wildman–Crippen MR) is 318 cm³/mol. The number of rotatable bonds is 7. The molecule has 4 heterocycles. The molecule has 88 heavy (non-hydrogen) atoms. The van der Waals surface area contributed by atoms with Gasteiger partial charge >= 0.3 is 46.8 Å². The van der Waals surface area contributed by atoms with Gasteiger partial charge in [0.1, 0.15) is 60.0 Å². The number of nitrogens with two attached hydrogens (primary N) is 3. The minimum atomic E-state index is -5.79. The molecule has 3 aliphatic heterocycles. The second-order valence-electron chi connectivity index (χ2n) is 19.5. The number of hydrogen-bond donors (Lipinski definition) is 5. The van der Waals surface area contributed by atoms with Gasteiger partial charge in [-0.2, -0.15) is 64.8 Å². The van der Waals surface area contributed by atoms with E-state index < -0.39 is 57.9 Å². The number of aromatic hydroxyl groups is 1. The number of fused-ring (bicyclic) bond motifs is 3. The zero-order valence-electron chi connectivity index (χ0n) is 42.9. The maximum absolute atomic E-state index is 12.8. The van der Waals surface area contributed by atoms with Crippen LogP contribution >= 0.6 is 31.9 Å². The summed E-state index contributed by atoms with van der Waals surface area (Å²) in [6, 6.07) is 16.2. The molecular weight excluding hydrogens is 1380 g/mol. The summed E-state index contributed by atoms with van der Waals surface area (Å²) < 4.78 is 206. The van der Waals surface area contributed by atoms with Gasteiger partial charge in [0.15, 0.2) is 0 Å². The number of alkyl halides is 9. The Morgan fingerprint density at radius 2 is 0.909 bits per heavy atom. The number of phenolic OH excluding ortho intramolecular Hbond substituents is 1. The number of anilines is 1. The lowest BCUT2D eigenvalue weighted by Gasteiger charge is -2.32. The SMILES string of the molecule is C.C.C.C.NC1=NC2(CCc3c(O)ccc(Br)c3C2)CO1.NC1=NC2(CCc3c(OS(=O)(=O)C(F)(F)F)ccc(-c4cncnc4)c3C2)CO1.NC1=NC2(CCc3c(OS(=O)(=O)C(F)(F)F)ccc(Br)c3C2)CO1.O=S(=O)(Nc1ccccc1)C(F)(F)F. The monoisotopic (exact) mass is 1440 g/mol. The third-order valence-electron chi connectivity index (χ3n) is 13.8. The lowest BCUT2D eigenvalue weighted by atomic mass is 9.76. The average molecular weight is 1440 g/mol. The van der Waals surface area contributed by atoms with Crippen molar-refractivity contribution in [3.8, 4) is 28.4 Å². The summed E-state index contributed by atoms with van der Waals surface area (Å²) >= 11 is 6.86. The van der Waals surface area contributed by atoms with E-state index in [1.54, 1.807) is 24.5 Å². The molecule has 0 amide bonds. The first-order valence-electron chi connectivity index (χ1n) is 24.4. The molecule has 3 unspecified atom stereocenters. The number of amidine groups is 3. The summed E-state index contributed by atoms with van der Waals surface area (Å²) in [7, 11) is -16.8. The third-order valence-corrected chi connectivity index (χ3v) is 18.3. The second kappa shape index (κ2) is 27.5. The van der Waals surface area contributed by atoms with Gasteiger partial charge in [0.2, 0.25) is 0 Å². The van der Waals surface area contributed by atoms with Crippen LogP contribution < -0.4 is 30.3 Å². The van der Waals surface area contributed by atoms with E-state index in [2.05, 4.69) is 65.2 Å². The molecule has 3 atom stereocenters. The lowest BCUT2D eigenvalue weighted by Crippen LogP contribution is -2.36. The Balaban J connectivity index is 0.000000256. The van der Waals surface area contributed by atoms with E-state index in [1.165, 1.54) is 59.6 Å². The third kappa shape index (κ3) is 16.3. The highest BCUT2D eigenvalue weighted by Gasteiger charge is 2.51. The Kier molecular flexibility index (Phi) is 23.0. The molecule has 0 saturated heterocycles. The Hall–Kier alpha value is -6.85. The smallest absolute Gasteiger partial charge is 0.508 e. The predicted octanol–water partition coefficient (Wildman–Crippen LogP) is 10.4. The number of phenols is 1. The van der Waals surface area contributed by atoms with Gasteiger partial charge in [-0.3, -0.25) is 4.72 Å². The van der Waals surface area contributed by atoms with Crippen LogP contribution in [0, 0.1) is 0 Å². The number of para-hydroxylation sites is 1. The van der Waals surface area contributed by atoms with Crippen LogP contribution in [0.3, 0.4) is 0 Å². The minimum absolute atomic E-state index is 0. The van der Waals surface area contributed by atoms with E-state index >= 15 is 0 Å². The van der Waals surface area contributed by atoms with Crippen molar-refractivity contribution in [2.24, 2.45) is 32.2 Å². The van der Waals surface area contributed by atoms with Crippen molar-refractivity contribution >= 4 is 85.9 Å². The summed E-state index contributed by atoms with van der Waals surface area (Å²) in [5.74, 6) is -0.311. The van der Waals surface area contributed by atoms with E-state index in [0.29, 0.717) is 69.5 Å². The average Bonchev–Trinajstić information content (AvgIpc) is 1.26. The number of sulfonamides is 1. The van der Waals surface area contributed by atoms with Gasteiger partial charge in [0.25, 0.3) is 18.1 Å². The van der Waals surface area contributed by atoms with Crippen LogP contribution in [0.15, 0.2) is 109 Å². The summed E-state index contributed by atoms with van der Waals surface area (Å²) in [5, 5.41) is 9.85. The van der Waals surface area contributed by atoms with Crippen molar-refractivity contribution in [2.75, 3.05) is 24.5 Å². The van der Waals surface area contributed by atoms with Crippen molar-refractivity contribution in [1.82, 2.24) is 9.97 Å². The molecule has 0 radical (unpaired) electrons. The molecule has 3 spiro atoms. The van der Waals surface area contributed by atoms with Gasteiger partial charge in [-0.25, -0.2) is 24.9 Å². The van der Waals surface area contributed by atoms with Crippen LogP contribution in [0.4, 0.5) is 45.2 Å². The fraction of sp³-hybridized carbons (Fsp3) is 0.415. The number of ether oxygens (including phenoxy) is 3. The molecule has 0 bridgehead atoms. The van der Waals surface area contributed by atoms with Crippen LogP contribution in [0.1, 0.15) is 82.3 Å². The molecule has 21 nitrogen and oxygen atoms in total. The van der Waals surface area contributed by atoms with Crippen LogP contribution in [-0.4, -0.2) is 111 Å². The zero-order valence-corrected chi connectivity index (χ0v) is 48.5. The molecule has 8 N–H and O–H groups in total. The van der Waals surface area contributed by atoms with Crippen LogP contribution in [-0.2, 0) is 83.0 Å². The number of hydrogen-bond acceptors (Lipinski definition) is 20. The van der Waals surface area contributed by atoms with Gasteiger partial charge in [-0.1, -0.05) is 85.8 Å². The molecule has 0 fully saturated rings. The first kappa shape index (κ1) is 73.6. The molecule has 486 valence electrons. The number of aliphatic imine (C=N–C) groups is 3. The standard InChI is InChI=1S/C17H15F3N4O4S.C13H12BrF3N2O4S.C12H13BrN2O2.C7H6F3NO2S.4CH4/c18-17(19,20)29(25,26)28-14-2-1-11(10-6-22-9-23-7-10)13-5-16(4-3-12(13)14)8-27-15(21)24-16;14-9-1-2-10(23-24(20,21)13(15,16)17)7-3-4-12(5-8(7)9)6-22-11(18)19-12;13-9-1-2-10(16)7-3-4-12(5-8(7)9)6-17-11(14)15-12;8-7(9,10)14(12,13)11-6-4-2-1-3-5-6;;;;/h1-2,6-7,9H,3-5,8H2,(H2,21,24);1-2H,3-6H2,(H2,18,19);1-2,16H,3-6H2,(H2,14,15);1-5,11H;4*1H4. The number of benzene rings is 4. The van der Waals surface area contributed by atoms with Gasteiger partial charge in [0, 0.05) is 57.4 Å². The van der Waals surface area contributed by atoms with E-state index in [1.807, 2.05) is 6.07 Å². The number of nitrogens with one attached hydrogen (secondary N) is 1. The Labute approximate surface area is 519 Å². The maximum Gasteiger partial charge on any atom is 0.534 e. The molecule has 4 aromatic carbocycles. The highest BCUT2D eigenvalue weighted by atomic mass is 79.9. The van der Waals surface area contributed by atoms with E-state index in [-0.39, 0.29) is 103 Å². The largest absolute Gasteiger partial charge is 0.534 e. The summed E-state index contributed by atoms with van der Waals surface area (Å²) in [5.41, 5.74) is 4.32. The number of halogens is 11. The zero-order chi connectivity index (χ0) is 61.5. The van der Waals surface area contributed by atoms with E-state index in [4.69, 9.17) is 31.4 Å². The Morgan fingerprint density at radius 3 is 1.32 bits per heavy atom.